The number of hydrogen-bond donors (Lipinski definition) is 2. The topological polar surface area (TPSA) is 89.0 Å². The Labute approximate surface area is 136 Å². The number of aromatic nitrogens is 3. The lowest BCUT2D eigenvalue weighted by Gasteiger charge is -2.06. The lowest BCUT2D eigenvalue weighted by atomic mass is 10.2. The number of amides is 1. The highest BCUT2D eigenvalue weighted by Crippen LogP contribution is 2.24. The minimum Gasteiger partial charge on any atom is -0.481 e. The molecular weight excluding hydrogens is 314 g/mol. The van der Waals surface area contributed by atoms with Crippen molar-refractivity contribution in [3.05, 3.63) is 53.7 Å². The maximum absolute atomic E-state index is 12.1. The Morgan fingerprint density at radius 1 is 1.17 bits per heavy atom. The van der Waals surface area contributed by atoms with Crippen LogP contribution in [-0.4, -0.2) is 28.0 Å². The highest BCUT2D eigenvalue weighted by Gasteiger charge is 2.11. The zero-order chi connectivity index (χ0) is 16.1. The number of ether oxygens (including phenoxy) is 1. The third kappa shape index (κ3) is 3.61. The summed E-state index contributed by atoms with van der Waals surface area (Å²) in [5.74, 6) is 0.336. The van der Waals surface area contributed by atoms with Gasteiger partial charge in [0, 0.05) is 17.8 Å². The van der Waals surface area contributed by atoms with Gasteiger partial charge in [0.2, 0.25) is 11.8 Å². The monoisotopic (exact) mass is 327 g/mol. The van der Waals surface area contributed by atoms with E-state index in [4.69, 9.17) is 4.74 Å². The van der Waals surface area contributed by atoms with E-state index in [1.165, 1.54) is 30.8 Å². The zero-order valence-corrected chi connectivity index (χ0v) is 13.0. The number of anilines is 1. The molecule has 0 bridgehead atoms. The number of hydrogen-bond acceptors (Lipinski definition) is 7. The van der Waals surface area contributed by atoms with Crippen LogP contribution in [0.15, 0.2) is 48.8 Å². The maximum atomic E-state index is 12.1. The minimum absolute atomic E-state index is 0.241. The van der Waals surface area contributed by atoms with Crippen molar-refractivity contribution < 1.29 is 9.53 Å². The van der Waals surface area contributed by atoms with Gasteiger partial charge in [0.05, 0.1) is 13.3 Å². The molecule has 3 aromatic rings. The number of methoxy groups -OCH3 is 1. The number of rotatable bonds is 5. The van der Waals surface area contributed by atoms with Crippen LogP contribution in [0.25, 0.3) is 10.6 Å². The summed E-state index contributed by atoms with van der Waals surface area (Å²) in [7, 11) is 1.51. The molecule has 0 aliphatic rings. The van der Waals surface area contributed by atoms with Crippen LogP contribution in [0.4, 0.5) is 5.95 Å². The molecule has 8 heteroatoms. The molecule has 0 saturated carbocycles. The fourth-order valence-electron chi connectivity index (χ4n) is 1.78. The predicted octanol–water partition coefficient (Wildman–Crippen LogP) is 2.37. The van der Waals surface area contributed by atoms with Gasteiger partial charge < -0.3 is 4.74 Å². The average molecular weight is 327 g/mol. The Balaban J connectivity index is 1.66. The number of carbonyl (C=O) groups excluding carboxylic acids is 1. The third-order valence-electron chi connectivity index (χ3n) is 2.88. The fourth-order valence-corrected chi connectivity index (χ4v) is 2.60. The number of carbonyl (C=O) groups is 1. The van der Waals surface area contributed by atoms with Gasteiger partial charge in [0.15, 0.2) is 0 Å². The van der Waals surface area contributed by atoms with Crippen LogP contribution in [0, 0.1) is 0 Å². The van der Waals surface area contributed by atoms with E-state index in [-0.39, 0.29) is 11.9 Å². The Kier molecular flexibility index (Phi) is 4.44. The predicted molar refractivity (Wildman–Crippen MR) is 87.2 cm³/mol. The first-order valence-electron chi connectivity index (χ1n) is 6.71. The van der Waals surface area contributed by atoms with Crippen LogP contribution in [0.2, 0.25) is 0 Å². The number of hydrazine groups is 1. The van der Waals surface area contributed by atoms with Crippen LogP contribution < -0.4 is 15.6 Å². The molecular formula is C15H13N5O2S. The van der Waals surface area contributed by atoms with Crippen molar-refractivity contribution in [3.63, 3.8) is 0 Å². The summed E-state index contributed by atoms with van der Waals surface area (Å²) < 4.78 is 4.99. The number of nitrogens with one attached hydrogen (secondary N) is 2. The number of benzene rings is 1. The smallest absolute Gasteiger partial charge is 0.281 e. The van der Waals surface area contributed by atoms with Crippen molar-refractivity contribution in [2.45, 2.75) is 0 Å². The SMILES string of the molecule is COc1ccnc(NNC(=O)c2cnc(-c3ccccc3)s2)n1. The summed E-state index contributed by atoms with van der Waals surface area (Å²) in [6.07, 6.45) is 3.07. The van der Waals surface area contributed by atoms with E-state index in [9.17, 15) is 4.79 Å². The molecule has 116 valence electrons. The summed E-state index contributed by atoms with van der Waals surface area (Å²) in [6.45, 7) is 0. The van der Waals surface area contributed by atoms with E-state index in [1.54, 1.807) is 6.07 Å². The summed E-state index contributed by atoms with van der Waals surface area (Å²) in [4.78, 5) is 24.9. The molecule has 0 fully saturated rings. The first kappa shape index (κ1) is 14.9. The standard InChI is InChI=1S/C15H13N5O2S/c1-22-12-7-8-16-15(18-12)20-19-13(21)11-9-17-14(23-11)10-5-3-2-4-6-10/h2-9H,1H3,(H,19,21)(H,16,18,20). The second-order valence-electron chi connectivity index (χ2n) is 4.40. The van der Waals surface area contributed by atoms with Crippen molar-refractivity contribution in [3.8, 4) is 16.5 Å². The van der Waals surface area contributed by atoms with E-state index in [0.717, 1.165) is 10.6 Å². The summed E-state index contributed by atoms with van der Waals surface area (Å²) in [5.41, 5.74) is 6.15. The Morgan fingerprint density at radius 2 is 2.00 bits per heavy atom. The van der Waals surface area contributed by atoms with Gasteiger partial charge in [-0.05, 0) is 0 Å². The van der Waals surface area contributed by atoms with Gasteiger partial charge in [-0.1, -0.05) is 30.3 Å². The van der Waals surface area contributed by atoms with Crippen molar-refractivity contribution in [1.82, 2.24) is 20.4 Å². The molecule has 2 aromatic heterocycles. The van der Waals surface area contributed by atoms with Crippen LogP contribution in [0.1, 0.15) is 9.67 Å². The van der Waals surface area contributed by atoms with E-state index >= 15 is 0 Å². The molecule has 0 spiro atoms. The van der Waals surface area contributed by atoms with Crippen LogP contribution in [0.5, 0.6) is 5.88 Å². The summed E-state index contributed by atoms with van der Waals surface area (Å²) in [5, 5.41) is 0.786. The first-order chi connectivity index (χ1) is 11.3. The van der Waals surface area contributed by atoms with Crippen molar-refractivity contribution in [2.24, 2.45) is 0 Å². The van der Waals surface area contributed by atoms with Gasteiger partial charge in [0.1, 0.15) is 9.88 Å². The van der Waals surface area contributed by atoms with E-state index in [0.29, 0.717) is 10.8 Å². The van der Waals surface area contributed by atoms with Gasteiger partial charge in [-0.2, -0.15) is 4.98 Å². The number of nitrogens with zero attached hydrogens (tertiary/aromatic N) is 3. The largest absolute Gasteiger partial charge is 0.481 e. The van der Waals surface area contributed by atoms with Crippen molar-refractivity contribution >= 4 is 23.2 Å². The highest BCUT2D eigenvalue weighted by atomic mass is 32.1. The first-order valence-corrected chi connectivity index (χ1v) is 7.52. The Morgan fingerprint density at radius 3 is 2.78 bits per heavy atom. The molecule has 0 aliphatic carbocycles. The van der Waals surface area contributed by atoms with Gasteiger partial charge >= 0.3 is 0 Å². The molecule has 23 heavy (non-hydrogen) atoms. The molecule has 2 heterocycles. The van der Waals surface area contributed by atoms with E-state index in [2.05, 4.69) is 25.8 Å². The van der Waals surface area contributed by atoms with Crippen LogP contribution >= 0.6 is 11.3 Å². The zero-order valence-electron chi connectivity index (χ0n) is 12.2. The molecule has 3 rings (SSSR count). The lowest BCUT2D eigenvalue weighted by Crippen LogP contribution is -2.29. The number of thiazole rings is 1. The maximum Gasteiger partial charge on any atom is 0.281 e. The molecule has 0 aliphatic heterocycles. The Bertz CT molecular complexity index is 806. The van der Waals surface area contributed by atoms with E-state index < -0.39 is 0 Å². The second kappa shape index (κ2) is 6.84. The van der Waals surface area contributed by atoms with Gasteiger partial charge in [-0.15, -0.1) is 11.3 Å². The molecule has 0 atom stereocenters. The molecule has 0 unspecified atom stereocenters. The minimum atomic E-state index is -0.309. The lowest BCUT2D eigenvalue weighted by molar-refractivity contribution is 0.0966. The highest BCUT2D eigenvalue weighted by molar-refractivity contribution is 7.16. The van der Waals surface area contributed by atoms with Crippen molar-refractivity contribution in [2.75, 3.05) is 12.5 Å². The van der Waals surface area contributed by atoms with E-state index in [1.807, 2.05) is 30.3 Å². The molecule has 1 amide bonds. The molecule has 7 nitrogen and oxygen atoms in total. The molecule has 0 saturated heterocycles. The third-order valence-corrected chi connectivity index (χ3v) is 3.92. The van der Waals surface area contributed by atoms with Crippen LogP contribution in [0.3, 0.4) is 0 Å². The second-order valence-corrected chi connectivity index (χ2v) is 5.43. The quantitative estimate of drug-likeness (QED) is 0.699. The van der Waals surface area contributed by atoms with Gasteiger partial charge in [0.25, 0.3) is 5.91 Å². The Hall–Kier alpha value is -3.00. The summed E-state index contributed by atoms with van der Waals surface area (Å²) >= 11 is 1.31. The average Bonchev–Trinajstić information content (AvgIpc) is 3.11. The summed E-state index contributed by atoms with van der Waals surface area (Å²) in [6, 6.07) is 11.3. The van der Waals surface area contributed by atoms with Crippen molar-refractivity contribution in [1.29, 1.82) is 0 Å². The molecule has 2 N–H and O–H groups in total. The van der Waals surface area contributed by atoms with Gasteiger partial charge in [-0.25, -0.2) is 9.97 Å². The molecule has 1 aromatic carbocycles. The normalized spacial score (nSPS) is 10.1. The van der Waals surface area contributed by atoms with Gasteiger partial charge in [-0.3, -0.25) is 15.6 Å². The fraction of sp³-hybridized carbons (Fsp3) is 0.0667. The van der Waals surface area contributed by atoms with Crippen LogP contribution in [-0.2, 0) is 0 Å². The molecule has 0 radical (unpaired) electrons.